The lowest BCUT2D eigenvalue weighted by atomic mass is 9.78. The van der Waals surface area contributed by atoms with Crippen molar-refractivity contribution in [1.29, 1.82) is 0 Å². The van der Waals surface area contributed by atoms with Crippen LogP contribution in [0.25, 0.3) is 0 Å². The van der Waals surface area contributed by atoms with Crippen molar-refractivity contribution in [3.63, 3.8) is 0 Å². The second-order valence-corrected chi connectivity index (χ2v) is 11.9. The molecule has 0 aromatic rings. The second kappa shape index (κ2) is 12.5. The van der Waals surface area contributed by atoms with Gasteiger partial charge in [-0.1, -0.05) is 58.3 Å². The van der Waals surface area contributed by atoms with E-state index in [1.807, 2.05) is 0 Å². The van der Waals surface area contributed by atoms with E-state index in [1.54, 1.807) is 18.9 Å². The molecule has 9 heteroatoms. The van der Waals surface area contributed by atoms with Crippen LogP contribution in [0.2, 0.25) is 0 Å². The molecule has 1 saturated heterocycles. The van der Waals surface area contributed by atoms with Crippen LogP contribution in [0.15, 0.2) is 0 Å². The fraction of sp³-hybridized carbons (Fsp3) is 0.926. The van der Waals surface area contributed by atoms with E-state index >= 15 is 0 Å². The van der Waals surface area contributed by atoms with Crippen molar-refractivity contribution in [2.75, 3.05) is 33.2 Å². The second-order valence-electron chi connectivity index (χ2n) is 11.9. The number of amides is 2. The molecule has 3 fully saturated rings. The highest BCUT2D eigenvalue weighted by Gasteiger charge is 2.52. The average molecular weight is 508 g/mol. The first-order chi connectivity index (χ1) is 17.1. The normalized spacial score (nSPS) is 27.6. The van der Waals surface area contributed by atoms with E-state index in [9.17, 15) is 9.59 Å². The summed E-state index contributed by atoms with van der Waals surface area (Å²) in [6.07, 6.45) is 14.2. The molecular formula is C27H53N7O2. The number of likely N-dealkylation sites (N-methyl/N-ethyl adjacent to an activating group) is 2. The highest BCUT2D eigenvalue weighted by molar-refractivity contribution is 5.94. The molecule has 0 aromatic heterocycles. The highest BCUT2D eigenvalue weighted by atomic mass is 16.2. The number of carbonyl (C=O) groups is 2. The van der Waals surface area contributed by atoms with Crippen LogP contribution >= 0.6 is 0 Å². The van der Waals surface area contributed by atoms with E-state index in [0.29, 0.717) is 13.1 Å². The Morgan fingerprint density at radius 1 is 1.03 bits per heavy atom. The number of hydrogen-bond donors (Lipinski definition) is 5. The summed E-state index contributed by atoms with van der Waals surface area (Å²) in [6, 6.07) is 0. The van der Waals surface area contributed by atoms with Gasteiger partial charge in [0.15, 0.2) is 5.66 Å². The molecular weight excluding hydrogens is 454 g/mol. The molecule has 2 saturated carbocycles. The maximum Gasteiger partial charge on any atom is 0.265 e. The van der Waals surface area contributed by atoms with E-state index in [-0.39, 0.29) is 11.8 Å². The van der Waals surface area contributed by atoms with Gasteiger partial charge in [0.1, 0.15) is 11.3 Å². The number of hydrogen-bond acceptors (Lipinski definition) is 7. The minimum Gasteiger partial charge on any atom is -0.327 e. The Morgan fingerprint density at radius 2 is 1.64 bits per heavy atom. The topological polar surface area (TPSA) is 143 Å². The first-order valence-electron chi connectivity index (χ1n) is 14.5. The predicted octanol–water partition coefficient (Wildman–Crippen LogP) is 1.80. The van der Waals surface area contributed by atoms with Gasteiger partial charge in [0, 0.05) is 19.0 Å². The summed E-state index contributed by atoms with van der Waals surface area (Å²) in [5, 5.41) is 5.72. The molecule has 36 heavy (non-hydrogen) atoms. The quantitative estimate of drug-likeness (QED) is 0.268. The maximum absolute atomic E-state index is 14.2. The molecule has 1 unspecified atom stereocenters. The van der Waals surface area contributed by atoms with Crippen LogP contribution in [0.3, 0.4) is 0 Å². The number of rotatable bonds is 11. The van der Waals surface area contributed by atoms with E-state index < -0.39 is 22.9 Å². The summed E-state index contributed by atoms with van der Waals surface area (Å²) in [7, 11) is 1.62. The molecule has 3 aliphatic rings. The molecule has 9 nitrogen and oxygen atoms in total. The molecule has 0 aromatic carbocycles. The number of likely N-dealkylation sites (tertiary alicyclic amines) is 1. The van der Waals surface area contributed by atoms with Gasteiger partial charge < -0.3 is 27.4 Å². The Bertz CT molecular complexity index is 736. The average Bonchev–Trinajstić information content (AvgIpc) is 3.27. The van der Waals surface area contributed by atoms with Gasteiger partial charge in [-0.05, 0) is 65.1 Å². The molecule has 2 aliphatic carbocycles. The van der Waals surface area contributed by atoms with Crippen LogP contribution in [0, 0.1) is 11.8 Å². The van der Waals surface area contributed by atoms with Crippen LogP contribution in [0.5, 0.6) is 0 Å². The van der Waals surface area contributed by atoms with Crippen molar-refractivity contribution >= 4 is 11.8 Å². The van der Waals surface area contributed by atoms with Gasteiger partial charge in [0.05, 0.1) is 0 Å². The van der Waals surface area contributed by atoms with E-state index in [2.05, 4.69) is 22.5 Å². The van der Waals surface area contributed by atoms with Gasteiger partial charge in [0.25, 0.3) is 11.8 Å². The van der Waals surface area contributed by atoms with Crippen LogP contribution < -0.4 is 27.8 Å². The lowest BCUT2D eigenvalue weighted by molar-refractivity contribution is -0.150. The van der Waals surface area contributed by atoms with Gasteiger partial charge in [-0.3, -0.25) is 19.8 Å². The first-order valence-corrected chi connectivity index (χ1v) is 14.5. The van der Waals surface area contributed by atoms with Crippen LogP contribution in [-0.2, 0) is 9.59 Å². The van der Waals surface area contributed by atoms with Crippen molar-refractivity contribution in [2.45, 2.75) is 114 Å². The third-order valence-electron chi connectivity index (χ3n) is 9.21. The van der Waals surface area contributed by atoms with Crippen molar-refractivity contribution in [1.82, 2.24) is 20.4 Å². The van der Waals surface area contributed by atoms with Crippen LogP contribution in [-0.4, -0.2) is 71.8 Å². The Hall–Kier alpha value is -1.26. The number of carbonyl (C=O) groups excluding carboxylic acids is 2. The molecule has 0 bridgehead atoms. The zero-order chi connectivity index (χ0) is 26.4. The van der Waals surface area contributed by atoms with Crippen molar-refractivity contribution in [3.05, 3.63) is 0 Å². The van der Waals surface area contributed by atoms with Gasteiger partial charge in [0.2, 0.25) is 0 Å². The summed E-state index contributed by atoms with van der Waals surface area (Å²) < 4.78 is 0. The molecule has 3 rings (SSSR count). The molecule has 0 spiro atoms. The largest absolute Gasteiger partial charge is 0.327 e. The van der Waals surface area contributed by atoms with Crippen LogP contribution in [0.4, 0.5) is 0 Å². The smallest absolute Gasteiger partial charge is 0.265 e. The lowest BCUT2D eigenvalue weighted by Crippen LogP contribution is -2.76. The van der Waals surface area contributed by atoms with Gasteiger partial charge in [-0.2, -0.15) is 0 Å². The minimum atomic E-state index is -1.52. The highest BCUT2D eigenvalue weighted by Crippen LogP contribution is 2.35. The Morgan fingerprint density at radius 3 is 2.22 bits per heavy atom. The van der Waals surface area contributed by atoms with E-state index in [1.165, 1.54) is 38.5 Å². The van der Waals surface area contributed by atoms with Gasteiger partial charge in [-0.25, -0.2) is 0 Å². The molecule has 1 aliphatic heterocycles. The van der Waals surface area contributed by atoms with Crippen molar-refractivity contribution in [2.24, 2.45) is 29.0 Å². The molecule has 208 valence electrons. The molecule has 0 radical (unpaired) electrons. The Labute approximate surface area is 218 Å². The standard InChI is InChI=1S/C27H53N7O2/c1-4-33(19-16-21-12-7-5-8-13-21)20-26(29)17-11-18-34(26)24(36)27(30,22-14-9-6-10-15-22)32-23(35)25(2,28)31-3/h21-22,31H,4-20,28-30H2,1-3H3,(H,32,35)/t25-,26?,27-/m0/s1. The van der Waals surface area contributed by atoms with Gasteiger partial charge >= 0.3 is 0 Å². The zero-order valence-electron chi connectivity index (χ0n) is 23.1. The number of nitrogens with one attached hydrogen (secondary N) is 2. The fourth-order valence-corrected chi connectivity index (χ4v) is 6.49. The zero-order valence-corrected chi connectivity index (χ0v) is 23.1. The summed E-state index contributed by atoms with van der Waals surface area (Å²) in [5.74, 6) is -0.0820. The summed E-state index contributed by atoms with van der Waals surface area (Å²) in [5.41, 5.74) is 16.4. The fourth-order valence-electron chi connectivity index (χ4n) is 6.49. The summed E-state index contributed by atoms with van der Waals surface area (Å²) >= 11 is 0. The lowest BCUT2D eigenvalue weighted by Gasteiger charge is -2.46. The number of nitrogens with two attached hydrogens (primary N) is 3. The van der Waals surface area contributed by atoms with Gasteiger partial charge in [-0.15, -0.1) is 0 Å². The summed E-state index contributed by atoms with van der Waals surface area (Å²) in [6.45, 7) is 6.84. The molecule has 8 N–H and O–H groups in total. The minimum absolute atomic E-state index is 0.145. The van der Waals surface area contributed by atoms with Crippen molar-refractivity contribution < 1.29 is 9.59 Å². The SMILES string of the molecule is CCN(CCC1CCCCC1)CC1(N)CCCN1C(=O)[C@@](N)(NC(=O)[C@@](C)(N)NC)C1CCCCC1. The summed E-state index contributed by atoms with van der Waals surface area (Å²) in [4.78, 5) is 31.5. The maximum atomic E-state index is 14.2. The predicted molar refractivity (Wildman–Crippen MR) is 144 cm³/mol. The monoisotopic (exact) mass is 507 g/mol. The Kier molecular flexibility index (Phi) is 10.2. The molecule has 1 heterocycles. The molecule has 3 atom stereocenters. The van der Waals surface area contributed by atoms with E-state index in [4.69, 9.17) is 17.2 Å². The first kappa shape index (κ1) is 29.3. The Balaban J connectivity index is 1.76. The number of nitrogens with zero attached hydrogens (tertiary/aromatic N) is 2. The molecule has 2 amide bonds. The third-order valence-corrected chi connectivity index (χ3v) is 9.21. The third kappa shape index (κ3) is 6.78. The van der Waals surface area contributed by atoms with Crippen molar-refractivity contribution in [3.8, 4) is 0 Å². The van der Waals surface area contributed by atoms with Crippen LogP contribution in [0.1, 0.15) is 97.3 Å². The van der Waals surface area contributed by atoms with E-state index in [0.717, 1.165) is 64.0 Å².